The number of rotatable bonds is 4. The van der Waals surface area contributed by atoms with Gasteiger partial charge < -0.3 is 9.80 Å². The van der Waals surface area contributed by atoms with Crippen LogP contribution < -0.4 is 9.80 Å². The molecule has 1 saturated heterocycles. The van der Waals surface area contributed by atoms with Crippen molar-refractivity contribution >= 4 is 40.5 Å². The highest BCUT2D eigenvalue weighted by atomic mass is 35.5. The van der Waals surface area contributed by atoms with Crippen LogP contribution in [0.4, 0.5) is 20.2 Å². The first-order valence-corrected chi connectivity index (χ1v) is 9.42. The van der Waals surface area contributed by atoms with Crippen molar-refractivity contribution in [1.82, 2.24) is 0 Å². The van der Waals surface area contributed by atoms with Gasteiger partial charge in [0.2, 0.25) is 5.91 Å². The lowest BCUT2D eigenvalue weighted by Crippen LogP contribution is -2.41. The first kappa shape index (κ1) is 19.9. The Labute approximate surface area is 167 Å². The largest absolute Gasteiger partial charge is 0.378 e. The van der Waals surface area contributed by atoms with Crippen LogP contribution in [-0.4, -0.2) is 26.5 Å². The highest BCUT2D eigenvalue weighted by molar-refractivity contribution is 6.40. The third-order valence-electron chi connectivity index (χ3n) is 4.82. The maximum Gasteiger partial charge on any atom is 0.227 e. The lowest BCUT2D eigenvalue weighted by molar-refractivity contribution is -0.120. The number of amides is 1. The van der Waals surface area contributed by atoms with Crippen LogP contribution in [-0.2, 0) is 11.2 Å². The smallest absolute Gasteiger partial charge is 0.227 e. The summed E-state index contributed by atoms with van der Waals surface area (Å²) in [6.07, 6.45) is 1.38. The molecular formula is C20H20Cl2F2N2O. The number of halogens is 4. The Kier molecular flexibility index (Phi) is 5.92. The van der Waals surface area contributed by atoms with E-state index in [1.807, 2.05) is 19.0 Å². The van der Waals surface area contributed by atoms with Crippen molar-refractivity contribution in [3.05, 3.63) is 57.6 Å². The normalized spacial score (nSPS) is 17.3. The van der Waals surface area contributed by atoms with Gasteiger partial charge in [-0.1, -0.05) is 29.3 Å². The molecule has 0 N–H and O–H groups in total. The molecule has 3 rings (SSSR count). The van der Waals surface area contributed by atoms with Crippen molar-refractivity contribution in [2.45, 2.75) is 19.3 Å². The van der Waals surface area contributed by atoms with Gasteiger partial charge in [-0.25, -0.2) is 8.78 Å². The van der Waals surface area contributed by atoms with Crippen LogP contribution >= 0.6 is 23.2 Å². The molecule has 0 saturated carbocycles. The lowest BCUT2D eigenvalue weighted by atomic mass is 9.90. The number of piperidine rings is 1. The molecule has 1 unspecified atom stereocenters. The molecule has 2 aromatic carbocycles. The van der Waals surface area contributed by atoms with Gasteiger partial charge in [0.05, 0.1) is 15.7 Å². The molecule has 2 aromatic rings. The molecule has 0 radical (unpaired) electrons. The summed E-state index contributed by atoms with van der Waals surface area (Å²) in [5.41, 5.74) is 1.76. The van der Waals surface area contributed by atoms with Crippen molar-refractivity contribution in [2.75, 3.05) is 30.4 Å². The minimum atomic E-state index is -0.601. The summed E-state index contributed by atoms with van der Waals surface area (Å²) < 4.78 is 27.1. The fourth-order valence-electron chi connectivity index (χ4n) is 3.36. The van der Waals surface area contributed by atoms with E-state index < -0.39 is 11.6 Å². The number of benzene rings is 2. The summed E-state index contributed by atoms with van der Waals surface area (Å²) in [5.74, 6) is -1.20. The Morgan fingerprint density at radius 2 is 1.81 bits per heavy atom. The summed E-state index contributed by atoms with van der Waals surface area (Å²) in [6, 6.07) is 7.11. The maximum absolute atomic E-state index is 14.0. The number of hydrogen-bond donors (Lipinski definition) is 0. The number of carbonyl (C=O) groups is 1. The van der Waals surface area contributed by atoms with Gasteiger partial charge in [0.1, 0.15) is 11.6 Å². The average molecular weight is 413 g/mol. The molecule has 144 valence electrons. The van der Waals surface area contributed by atoms with E-state index >= 15 is 0 Å². The zero-order chi connectivity index (χ0) is 19.7. The minimum Gasteiger partial charge on any atom is -0.378 e. The topological polar surface area (TPSA) is 23.6 Å². The highest BCUT2D eigenvalue weighted by Crippen LogP contribution is 2.40. The SMILES string of the molecule is CN(C)c1cc(Cl)c(N2CC(Cc3ccc(F)cc3F)CCC2=O)c(Cl)c1. The van der Waals surface area contributed by atoms with Crippen molar-refractivity contribution in [2.24, 2.45) is 5.92 Å². The number of anilines is 2. The molecule has 0 aliphatic carbocycles. The van der Waals surface area contributed by atoms with Crippen LogP contribution in [0, 0.1) is 17.6 Å². The molecule has 0 spiro atoms. The fraction of sp³-hybridized carbons (Fsp3) is 0.350. The second kappa shape index (κ2) is 8.03. The van der Waals surface area contributed by atoms with Crippen LogP contribution in [0.5, 0.6) is 0 Å². The molecule has 1 fully saturated rings. The van der Waals surface area contributed by atoms with Gasteiger partial charge in [-0.15, -0.1) is 0 Å². The van der Waals surface area contributed by atoms with E-state index in [9.17, 15) is 13.6 Å². The van der Waals surface area contributed by atoms with E-state index in [2.05, 4.69) is 0 Å². The Morgan fingerprint density at radius 3 is 2.41 bits per heavy atom. The van der Waals surface area contributed by atoms with E-state index in [4.69, 9.17) is 23.2 Å². The fourth-order valence-corrected chi connectivity index (χ4v) is 4.04. The number of nitrogens with zero attached hydrogens (tertiary/aromatic N) is 2. The average Bonchev–Trinajstić information content (AvgIpc) is 2.59. The Hall–Kier alpha value is -1.85. The van der Waals surface area contributed by atoms with Gasteiger partial charge in [0.25, 0.3) is 0 Å². The van der Waals surface area contributed by atoms with E-state index in [1.54, 1.807) is 17.0 Å². The molecule has 27 heavy (non-hydrogen) atoms. The first-order chi connectivity index (χ1) is 12.8. The zero-order valence-electron chi connectivity index (χ0n) is 15.1. The Balaban J connectivity index is 1.85. The molecule has 1 aliphatic rings. The summed E-state index contributed by atoms with van der Waals surface area (Å²) in [7, 11) is 3.75. The molecule has 1 atom stereocenters. The van der Waals surface area contributed by atoms with Gasteiger partial charge >= 0.3 is 0 Å². The zero-order valence-corrected chi connectivity index (χ0v) is 16.6. The monoisotopic (exact) mass is 412 g/mol. The number of carbonyl (C=O) groups excluding carboxylic acids is 1. The van der Waals surface area contributed by atoms with E-state index in [-0.39, 0.29) is 11.8 Å². The van der Waals surface area contributed by atoms with Crippen LogP contribution in [0.1, 0.15) is 18.4 Å². The van der Waals surface area contributed by atoms with Gasteiger partial charge in [-0.3, -0.25) is 4.79 Å². The molecule has 7 heteroatoms. The maximum atomic E-state index is 14.0. The van der Waals surface area contributed by atoms with Gasteiger partial charge in [-0.05, 0) is 42.5 Å². The van der Waals surface area contributed by atoms with E-state index in [0.717, 1.165) is 11.8 Å². The highest BCUT2D eigenvalue weighted by Gasteiger charge is 2.30. The minimum absolute atomic E-state index is 0.0309. The standard InChI is InChI=1S/C20H20Cl2F2N2O/c1-25(2)15-9-16(21)20(17(22)10-15)26-11-12(3-6-19(26)27)7-13-4-5-14(23)8-18(13)24/h4-5,8-10,12H,3,6-7,11H2,1-2H3. The quantitative estimate of drug-likeness (QED) is 0.677. The van der Waals surface area contributed by atoms with Crippen molar-refractivity contribution < 1.29 is 13.6 Å². The summed E-state index contributed by atoms with van der Waals surface area (Å²) >= 11 is 12.8. The molecule has 1 amide bonds. The molecular weight excluding hydrogens is 393 g/mol. The van der Waals surface area contributed by atoms with E-state index in [0.29, 0.717) is 47.1 Å². The van der Waals surface area contributed by atoms with Crippen LogP contribution in [0.3, 0.4) is 0 Å². The molecule has 3 nitrogen and oxygen atoms in total. The summed E-state index contributed by atoms with van der Waals surface area (Å²) in [5, 5.41) is 0.793. The van der Waals surface area contributed by atoms with Gasteiger partial charge in [0, 0.05) is 38.8 Å². The third kappa shape index (κ3) is 4.36. The predicted molar refractivity (Wildman–Crippen MR) is 106 cm³/mol. The summed E-state index contributed by atoms with van der Waals surface area (Å²) in [4.78, 5) is 16.0. The summed E-state index contributed by atoms with van der Waals surface area (Å²) in [6.45, 7) is 0.385. The molecule has 0 bridgehead atoms. The van der Waals surface area contributed by atoms with Crippen molar-refractivity contribution in [3.63, 3.8) is 0 Å². The van der Waals surface area contributed by atoms with E-state index in [1.165, 1.54) is 12.1 Å². The first-order valence-electron chi connectivity index (χ1n) is 8.67. The van der Waals surface area contributed by atoms with Crippen LogP contribution in [0.2, 0.25) is 10.0 Å². The van der Waals surface area contributed by atoms with Crippen molar-refractivity contribution in [3.8, 4) is 0 Å². The Morgan fingerprint density at radius 1 is 1.15 bits per heavy atom. The third-order valence-corrected chi connectivity index (χ3v) is 5.40. The molecule has 0 aromatic heterocycles. The second-order valence-electron chi connectivity index (χ2n) is 7.00. The molecule has 1 aliphatic heterocycles. The van der Waals surface area contributed by atoms with Crippen LogP contribution in [0.15, 0.2) is 30.3 Å². The Bertz CT molecular complexity index is 850. The second-order valence-corrected chi connectivity index (χ2v) is 7.82. The lowest BCUT2D eigenvalue weighted by Gasteiger charge is -2.34. The van der Waals surface area contributed by atoms with Gasteiger partial charge in [0.15, 0.2) is 0 Å². The van der Waals surface area contributed by atoms with Gasteiger partial charge in [-0.2, -0.15) is 0 Å². The predicted octanol–water partition coefficient (Wildman–Crippen LogP) is 5.32. The van der Waals surface area contributed by atoms with Crippen molar-refractivity contribution in [1.29, 1.82) is 0 Å². The number of hydrogen-bond acceptors (Lipinski definition) is 2. The van der Waals surface area contributed by atoms with Crippen LogP contribution in [0.25, 0.3) is 0 Å². The molecule has 1 heterocycles.